The molecule has 4 heteroatoms. The third-order valence-corrected chi connectivity index (χ3v) is 3.52. The van der Waals surface area contributed by atoms with Crippen LogP contribution in [-0.2, 0) is 11.2 Å². The molecule has 0 spiro atoms. The first-order valence-corrected chi connectivity index (χ1v) is 6.91. The largest absolute Gasteiger partial charge is 0.496 e. The minimum Gasteiger partial charge on any atom is -0.496 e. The molecule has 0 bridgehead atoms. The first kappa shape index (κ1) is 13.9. The molecule has 0 radical (unpaired) electrons. The number of para-hydroxylation sites is 1. The smallest absolute Gasteiger partial charge is 0.220 e. The number of carbonyl (C=O) groups is 1. The first-order valence-electron chi connectivity index (χ1n) is 6.91. The van der Waals surface area contributed by atoms with Crippen LogP contribution >= 0.6 is 0 Å². The Kier molecular flexibility index (Phi) is 5.21. The molecule has 19 heavy (non-hydrogen) atoms. The maximum Gasteiger partial charge on any atom is 0.220 e. The Bertz CT molecular complexity index is 414. The number of aryl methyl sites for hydroxylation is 1. The number of amides is 1. The van der Waals surface area contributed by atoms with Gasteiger partial charge in [0.15, 0.2) is 0 Å². The lowest BCUT2D eigenvalue weighted by molar-refractivity contribution is -0.121. The lowest BCUT2D eigenvalue weighted by Gasteiger charge is -2.23. The Hall–Kier alpha value is -1.55. The maximum atomic E-state index is 11.9. The molecule has 1 heterocycles. The molecule has 1 aliphatic rings. The number of hydrogen-bond acceptors (Lipinski definition) is 3. The zero-order valence-corrected chi connectivity index (χ0v) is 11.4. The molecule has 1 aliphatic heterocycles. The predicted octanol–water partition coefficient (Wildman–Crippen LogP) is 1.50. The van der Waals surface area contributed by atoms with E-state index in [1.54, 1.807) is 7.11 Å². The van der Waals surface area contributed by atoms with Gasteiger partial charge in [-0.1, -0.05) is 18.2 Å². The lowest BCUT2D eigenvalue weighted by Crippen LogP contribution is -2.42. The van der Waals surface area contributed by atoms with Crippen LogP contribution in [-0.4, -0.2) is 32.1 Å². The van der Waals surface area contributed by atoms with Crippen molar-refractivity contribution in [2.24, 2.45) is 0 Å². The van der Waals surface area contributed by atoms with Crippen molar-refractivity contribution in [3.63, 3.8) is 0 Å². The molecule has 1 aromatic rings. The number of methoxy groups -OCH3 is 1. The molecule has 2 rings (SSSR count). The van der Waals surface area contributed by atoms with Crippen LogP contribution in [0.4, 0.5) is 0 Å². The molecule has 1 fully saturated rings. The summed E-state index contributed by atoms with van der Waals surface area (Å²) in [5.74, 6) is 0.995. The Balaban J connectivity index is 1.79. The summed E-state index contributed by atoms with van der Waals surface area (Å²) >= 11 is 0. The van der Waals surface area contributed by atoms with Gasteiger partial charge in [-0.05, 0) is 44.0 Å². The number of hydrogen-bond donors (Lipinski definition) is 2. The van der Waals surface area contributed by atoms with E-state index in [4.69, 9.17) is 4.74 Å². The van der Waals surface area contributed by atoms with E-state index in [1.807, 2.05) is 24.3 Å². The van der Waals surface area contributed by atoms with E-state index in [2.05, 4.69) is 10.6 Å². The van der Waals surface area contributed by atoms with Gasteiger partial charge in [-0.15, -0.1) is 0 Å². The Morgan fingerprint density at radius 1 is 1.37 bits per heavy atom. The number of carbonyl (C=O) groups excluding carboxylic acids is 1. The standard InChI is InChI=1S/C15H22N2O2/c1-19-14-5-3-2-4-12(14)6-7-15(18)17-13-8-10-16-11-9-13/h2-5,13,16H,6-11H2,1H3,(H,17,18). The zero-order chi connectivity index (χ0) is 13.5. The normalized spacial score (nSPS) is 16.1. The van der Waals surface area contributed by atoms with Gasteiger partial charge in [0, 0.05) is 12.5 Å². The topological polar surface area (TPSA) is 50.4 Å². The van der Waals surface area contributed by atoms with Crippen LogP contribution in [0.5, 0.6) is 5.75 Å². The van der Waals surface area contributed by atoms with Gasteiger partial charge in [-0.25, -0.2) is 0 Å². The van der Waals surface area contributed by atoms with Crippen LogP contribution < -0.4 is 15.4 Å². The molecular formula is C15H22N2O2. The van der Waals surface area contributed by atoms with E-state index in [1.165, 1.54) is 0 Å². The third kappa shape index (κ3) is 4.24. The van der Waals surface area contributed by atoms with Crippen molar-refractivity contribution in [3.8, 4) is 5.75 Å². The number of benzene rings is 1. The van der Waals surface area contributed by atoms with Gasteiger partial charge in [0.2, 0.25) is 5.91 Å². The minimum absolute atomic E-state index is 0.137. The quantitative estimate of drug-likeness (QED) is 0.845. The highest BCUT2D eigenvalue weighted by molar-refractivity contribution is 5.76. The summed E-state index contributed by atoms with van der Waals surface area (Å²) in [5.41, 5.74) is 1.09. The highest BCUT2D eigenvalue weighted by Crippen LogP contribution is 2.18. The van der Waals surface area contributed by atoms with E-state index in [0.29, 0.717) is 12.5 Å². The second-order valence-electron chi connectivity index (χ2n) is 4.90. The fourth-order valence-corrected chi connectivity index (χ4v) is 2.42. The van der Waals surface area contributed by atoms with Crippen molar-refractivity contribution in [3.05, 3.63) is 29.8 Å². The Morgan fingerprint density at radius 2 is 2.11 bits per heavy atom. The second-order valence-corrected chi connectivity index (χ2v) is 4.90. The fraction of sp³-hybridized carbons (Fsp3) is 0.533. The van der Waals surface area contributed by atoms with Crippen molar-refractivity contribution in [1.82, 2.24) is 10.6 Å². The summed E-state index contributed by atoms with van der Waals surface area (Å²) in [5, 5.41) is 6.40. The lowest BCUT2D eigenvalue weighted by atomic mass is 10.1. The molecule has 0 unspecified atom stereocenters. The van der Waals surface area contributed by atoms with Crippen molar-refractivity contribution in [2.75, 3.05) is 20.2 Å². The van der Waals surface area contributed by atoms with Crippen LogP contribution in [0, 0.1) is 0 Å². The Morgan fingerprint density at radius 3 is 2.84 bits per heavy atom. The highest BCUT2D eigenvalue weighted by Gasteiger charge is 2.15. The van der Waals surface area contributed by atoms with Crippen LogP contribution in [0.1, 0.15) is 24.8 Å². The molecule has 0 aliphatic carbocycles. The number of piperidine rings is 1. The molecule has 0 saturated carbocycles. The summed E-state index contributed by atoms with van der Waals surface area (Å²) in [7, 11) is 1.66. The predicted molar refractivity (Wildman–Crippen MR) is 75.3 cm³/mol. The number of rotatable bonds is 5. The van der Waals surface area contributed by atoms with Gasteiger partial charge in [0.05, 0.1) is 7.11 Å². The van der Waals surface area contributed by atoms with Crippen LogP contribution in [0.15, 0.2) is 24.3 Å². The summed E-state index contributed by atoms with van der Waals surface area (Å²) < 4.78 is 5.29. The number of ether oxygens (including phenoxy) is 1. The van der Waals surface area contributed by atoms with Gasteiger partial charge < -0.3 is 15.4 Å². The molecule has 1 amide bonds. The molecule has 4 nitrogen and oxygen atoms in total. The molecule has 0 atom stereocenters. The van der Waals surface area contributed by atoms with E-state index >= 15 is 0 Å². The molecule has 2 N–H and O–H groups in total. The second kappa shape index (κ2) is 7.14. The fourth-order valence-electron chi connectivity index (χ4n) is 2.42. The molecule has 1 aromatic carbocycles. The van der Waals surface area contributed by atoms with E-state index in [0.717, 1.165) is 43.7 Å². The summed E-state index contributed by atoms with van der Waals surface area (Å²) in [4.78, 5) is 11.9. The van der Waals surface area contributed by atoms with Gasteiger partial charge in [-0.3, -0.25) is 4.79 Å². The minimum atomic E-state index is 0.137. The van der Waals surface area contributed by atoms with Crippen molar-refractivity contribution < 1.29 is 9.53 Å². The SMILES string of the molecule is COc1ccccc1CCC(=O)NC1CCNCC1. The summed E-state index contributed by atoms with van der Waals surface area (Å²) in [6.07, 6.45) is 3.30. The van der Waals surface area contributed by atoms with Crippen molar-refractivity contribution in [2.45, 2.75) is 31.7 Å². The van der Waals surface area contributed by atoms with E-state index < -0.39 is 0 Å². The Labute approximate surface area is 114 Å². The molecule has 104 valence electrons. The average Bonchev–Trinajstić information content (AvgIpc) is 2.46. The van der Waals surface area contributed by atoms with Crippen LogP contribution in [0.2, 0.25) is 0 Å². The summed E-state index contributed by atoms with van der Waals surface area (Å²) in [6.45, 7) is 1.99. The van der Waals surface area contributed by atoms with Gasteiger partial charge in [-0.2, -0.15) is 0 Å². The van der Waals surface area contributed by atoms with Crippen molar-refractivity contribution in [1.29, 1.82) is 0 Å². The van der Waals surface area contributed by atoms with Crippen molar-refractivity contribution >= 4 is 5.91 Å². The zero-order valence-electron chi connectivity index (χ0n) is 11.4. The van der Waals surface area contributed by atoms with Crippen LogP contribution in [0.25, 0.3) is 0 Å². The van der Waals surface area contributed by atoms with Crippen LogP contribution in [0.3, 0.4) is 0 Å². The van der Waals surface area contributed by atoms with Gasteiger partial charge >= 0.3 is 0 Å². The monoisotopic (exact) mass is 262 g/mol. The molecular weight excluding hydrogens is 240 g/mol. The summed E-state index contributed by atoms with van der Waals surface area (Å²) in [6, 6.07) is 8.20. The maximum absolute atomic E-state index is 11.9. The average molecular weight is 262 g/mol. The first-order chi connectivity index (χ1) is 9.29. The molecule has 0 aromatic heterocycles. The number of nitrogens with one attached hydrogen (secondary N) is 2. The van der Waals surface area contributed by atoms with E-state index in [9.17, 15) is 4.79 Å². The van der Waals surface area contributed by atoms with Gasteiger partial charge in [0.25, 0.3) is 0 Å². The third-order valence-electron chi connectivity index (χ3n) is 3.52. The molecule has 1 saturated heterocycles. The van der Waals surface area contributed by atoms with Gasteiger partial charge in [0.1, 0.15) is 5.75 Å². The highest BCUT2D eigenvalue weighted by atomic mass is 16.5. The van der Waals surface area contributed by atoms with E-state index in [-0.39, 0.29) is 5.91 Å².